The van der Waals surface area contributed by atoms with Crippen molar-refractivity contribution in [2.24, 2.45) is 0 Å². The third-order valence-electron chi connectivity index (χ3n) is 3.95. The lowest BCUT2D eigenvalue weighted by Crippen LogP contribution is -2.12. The predicted molar refractivity (Wildman–Crippen MR) is 93.6 cm³/mol. The number of aromatic nitrogens is 2. The van der Waals surface area contributed by atoms with E-state index in [0.29, 0.717) is 17.0 Å². The van der Waals surface area contributed by atoms with Crippen LogP contribution in [0.4, 0.5) is 6.01 Å². The van der Waals surface area contributed by atoms with Gasteiger partial charge in [-0.15, -0.1) is 5.10 Å². The van der Waals surface area contributed by atoms with E-state index in [9.17, 15) is 9.59 Å². The summed E-state index contributed by atoms with van der Waals surface area (Å²) in [7, 11) is 0. The van der Waals surface area contributed by atoms with Crippen LogP contribution >= 0.6 is 0 Å². The van der Waals surface area contributed by atoms with Gasteiger partial charge in [0.25, 0.3) is 5.91 Å². The summed E-state index contributed by atoms with van der Waals surface area (Å²) in [6.07, 6.45) is 0. The zero-order valence-electron chi connectivity index (χ0n) is 14.2. The molecule has 3 aromatic rings. The van der Waals surface area contributed by atoms with Crippen LogP contribution in [0.25, 0.3) is 11.5 Å². The monoisotopic (exact) mass is 335 g/mol. The molecule has 0 aliphatic heterocycles. The first kappa shape index (κ1) is 16.6. The Hall–Kier alpha value is -3.28. The van der Waals surface area contributed by atoms with Crippen LogP contribution in [0, 0.1) is 13.8 Å². The smallest absolute Gasteiger partial charge is 0.322 e. The molecule has 1 aromatic heterocycles. The first-order valence-corrected chi connectivity index (χ1v) is 7.77. The SMILES string of the molecule is CC(=O)c1ccc(C(=O)Nc2nnc(-c3ccc(C)c(C)c3)o2)cc1. The molecule has 0 radical (unpaired) electrons. The summed E-state index contributed by atoms with van der Waals surface area (Å²) < 4.78 is 5.51. The molecule has 1 amide bonds. The molecule has 2 aromatic carbocycles. The summed E-state index contributed by atoms with van der Waals surface area (Å²) >= 11 is 0. The van der Waals surface area contributed by atoms with E-state index in [2.05, 4.69) is 15.5 Å². The van der Waals surface area contributed by atoms with Crippen LogP contribution in [-0.4, -0.2) is 21.9 Å². The standard InChI is InChI=1S/C19H17N3O3/c1-11-4-5-16(10-12(11)2)18-21-22-19(25-18)20-17(24)15-8-6-14(7-9-15)13(3)23/h4-10H,1-3H3,(H,20,22,24). The molecule has 6 heteroatoms. The molecule has 0 spiro atoms. The Morgan fingerprint density at radius 1 is 0.920 bits per heavy atom. The molecular weight excluding hydrogens is 318 g/mol. The highest BCUT2D eigenvalue weighted by molar-refractivity contribution is 6.04. The van der Waals surface area contributed by atoms with E-state index >= 15 is 0 Å². The van der Waals surface area contributed by atoms with E-state index in [-0.39, 0.29) is 17.7 Å². The molecule has 0 aliphatic rings. The average Bonchev–Trinajstić information content (AvgIpc) is 3.06. The van der Waals surface area contributed by atoms with Gasteiger partial charge in [-0.25, -0.2) is 0 Å². The van der Waals surface area contributed by atoms with Gasteiger partial charge in [0.1, 0.15) is 0 Å². The van der Waals surface area contributed by atoms with Crippen molar-refractivity contribution in [2.75, 3.05) is 5.32 Å². The summed E-state index contributed by atoms with van der Waals surface area (Å²) in [6, 6.07) is 12.2. The third kappa shape index (κ3) is 3.63. The first-order chi connectivity index (χ1) is 11.9. The molecule has 6 nitrogen and oxygen atoms in total. The lowest BCUT2D eigenvalue weighted by Gasteiger charge is -2.02. The third-order valence-corrected chi connectivity index (χ3v) is 3.95. The quantitative estimate of drug-likeness (QED) is 0.733. The Morgan fingerprint density at radius 2 is 1.60 bits per heavy atom. The van der Waals surface area contributed by atoms with E-state index in [1.54, 1.807) is 24.3 Å². The number of carbonyl (C=O) groups is 2. The second-order valence-electron chi connectivity index (χ2n) is 5.80. The van der Waals surface area contributed by atoms with Gasteiger partial charge in [0, 0.05) is 16.7 Å². The molecule has 0 aliphatic carbocycles. The number of anilines is 1. The Bertz CT molecular complexity index is 943. The highest BCUT2D eigenvalue weighted by Crippen LogP contribution is 2.22. The van der Waals surface area contributed by atoms with Crippen molar-refractivity contribution in [3.8, 4) is 11.5 Å². The fraction of sp³-hybridized carbons (Fsp3) is 0.158. The maximum atomic E-state index is 12.2. The van der Waals surface area contributed by atoms with Gasteiger partial charge in [-0.05, 0) is 56.2 Å². The zero-order chi connectivity index (χ0) is 18.0. The van der Waals surface area contributed by atoms with Crippen LogP contribution in [0.1, 0.15) is 38.8 Å². The molecule has 3 rings (SSSR count). The van der Waals surface area contributed by atoms with E-state index in [1.165, 1.54) is 12.5 Å². The number of hydrogen-bond donors (Lipinski definition) is 1. The van der Waals surface area contributed by atoms with Gasteiger partial charge in [-0.1, -0.05) is 23.3 Å². The highest BCUT2D eigenvalue weighted by atomic mass is 16.4. The number of nitrogens with zero attached hydrogens (tertiary/aromatic N) is 2. The van der Waals surface area contributed by atoms with Gasteiger partial charge in [-0.3, -0.25) is 14.9 Å². The zero-order valence-corrected chi connectivity index (χ0v) is 14.2. The fourth-order valence-corrected chi connectivity index (χ4v) is 2.29. The molecule has 0 unspecified atom stereocenters. The molecule has 0 atom stereocenters. The minimum absolute atomic E-state index is 0.0221. The van der Waals surface area contributed by atoms with E-state index < -0.39 is 0 Å². The van der Waals surface area contributed by atoms with Gasteiger partial charge in [0.15, 0.2) is 5.78 Å². The number of nitrogens with one attached hydrogen (secondary N) is 1. The highest BCUT2D eigenvalue weighted by Gasteiger charge is 2.13. The molecule has 1 N–H and O–H groups in total. The number of Topliss-reactive ketones (excluding diaryl/α,β-unsaturated/α-hetero) is 1. The Morgan fingerprint density at radius 3 is 2.24 bits per heavy atom. The maximum Gasteiger partial charge on any atom is 0.322 e. The molecule has 0 bridgehead atoms. The van der Waals surface area contributed by atoms with Gasteiger partial charge < -0.3 is 4.42 Å². The van der Waals surface area contributed by atoms with Crippen molar-refractivity contribution in [3.05, 3.63) is 64.7 Å². The summed E-state index contributed by atoms with van der Waals surface area (Å²) in [6.45, 7) is 5.50. The molecule has 25 heavy (non-hydrogen) atoms. The second-order valence-corrected chi connectivity index (χ2v) is 5.80. The van der Waals surface area contributed by atoms with Crippen LogP contribution < -0.4 is 5.32 Å². The topological polar surface area (TPSA) is 85.1 Å². The van der Waals surface area contributed by atoms with Crippen LogP contribution in [0.3, 0.4) is 0 Å². The number of hydrogen-bond acceptors (Lipinski definition) is 5. The number of aryl methyl sites for hydroxylation is 2. The van der Waals surface area contributed by atoms with Crippen molar-refractivity contribution >= 4 is 17.7 Å². The fourth-order valence-electron chi connectivity index (χ4n) is 2.29. The molecule has 0 saturated carbocycles. The second kappa shape index (κ2) is 6.68. The lowest BCUT2D eigenvalue weighted by atomic mass is 10.1. The molecule has 0 saturated heterocycles. The van der Waals surface area contributed by atoms with Gasteiger partial charge >= 0.3 is 6.01 Å². The number of ketones is 1. The number of amides is 1. The number of benzene rings is 2. The Kier molecular flexibility index (Phi) is 4.43. The lowest BCUT2D eigenvalue weighted by molar-refractivity contribution is 0.100. The summed E-state index contributed by atoms with van der Waals surface area (Å²) in [4.78, 5) is 23.5. The minimum atomic E-state index is -0.384. The van der Waals surface area contributed by atoms with Gasteiger partial charge in [-0.2, -0.15) is 0 Å². The van der Waals surface area contributed by atoms with E-state index in [0.717, 1.165) is 11.1 Å². The van der Waals surface area contributed by atoms with Crippen molar-refractivity contribution < 1.29 is 14.0 Å². The van der Waals surface area contributed by atoms with Gasteiger partial charge in [0.2, 0.25) is 5.89 Å². The van der Waals surface area contributed by atoms with Gasteiger partial charge in [0.05, 0.1) is 0 Å². The van der Waals surface area contributed by atoms with Crippen molar-refractivity contribution in [3.63, 3.8) is 0 Å². The Labute approximate surface area is 144 Å². The average molecular weight is 335 g/mol. The number of carbonyl (C=O) groups excluding carboxylic acids is 2. The van der Waals surface area contributed by atoms with E-state index in [4.69, 9.17) is 4.42 Å². The van der Waals surface area contributed by atoms with E-state index in [1.807, 2.05) is 32.0 Å². The van der Waals surface area contributed by atoms with Crippen LogP contribution in [-0.2, 0) is 0 Å². The van der Waals surface area contributed by atoms with Crippen LogP contribution in [0.15, 0.2) is 46.9 Å². The Balaban J connectivity index is 1.75. The normalized spacial score (nSPS) is 10.5. The van der Waals surface area contributed by atoms with Crippen molar-refractivity contribution in [2.45, 2.75) is 20.8 Å². The number of rotatable bonds is 4. The summed E-state index contributed by atoms with van der Waals surface area (Å²) in [5.74, 6) is -0.0994. The summed E-state index contributed by atoms with van der Waals surface area (Å²) in [5, 5.41) is 10.4. The largest absolute Gasteiger partial charge is 0.403 e. The van der Waals surface area contributed by atoms with Crippen molar-refractivity contribution in [1.82, 2.24) is 10.2 Å². The predicted octanol–water partition coefficient (Wildman–Crippen LogP) is 3.81. The van der Waals surface area contributed by atoms with Crippen LogP contribution in [0.2, 0.25) is 0 Å². The maximum absolute atomic E-state index is 12.2. The van der Waals surface area contributed by atoms with Crippen molar-refractivity contribution in [1.29, 1.82) is 0 Å². The minimum Gasteiger partial charge on any atom is -0.403 e. The molecule has 1 heterocycles. The molecular formula is C19H17N3O3. The molecule has 126 valence electrons. The molecule has 0 fully saturated rings. The van der Waals surface area contributed by atoms with Crippen LogP contribution in [0.5, 0.6) is 0 Å². The first-order valence-electron chi connectivity index (χ1n) is 7.77. The summed E-state index contributed by atoms with van der Waals surface area (Å²) in [5.41, 5.74) is 4.03.